The lowest BCUT2D eigenvalue weighted by Gasteiger charge is -2.26. The number of para-hydroxylation sites is 2. The number of rotatable bonds is 5. The van der Waals surface area contributed by atoms with Gasteiger partial charge < -0.3 is 4.74 Å². The summed E-state index contributed by atoms with van der Waals surface area (Å²) in [6.45, 7) is 11.4. The topological polar surface area (TPSA) is 64.4 Å². The van der Waals surface area contributed by atoms with Crippen LogP contribution in [0.4, 0.5) is 5.95 Å². The third-order valence-corrected chi connectivity index (χ3v) is 4.90. The monoisotopic (exact) mass is 345 g/mol. The molecule has 6 nitrogen and oxygen atoms in total. The summed E-state index contributed by atoms with van der Waals surface area (Å²) in [5.41, 5.74) is 8.17. The minimum Gasteiger partial charge on any atom is -0.379 e. The summed E-state index contributed by atoms with van der Waals surface area (Å²) in [6, 6.07) is 8.12. The van der Waals surface area contributed by atoms with Gasteiger partial charge in [0.1, 0.15) is 17.6 Å². The van der Waals surface area contributed by atoms with Crippen molar-refractivity contribution in [3.05, 3.63) is 24.3 Å². The van der Waals surface area contributed by atoms with Crippen LogP contribution in [0.1, 0.15) is 20.8 Å². The Labute approximate surface area is 149 Å². The van der Waals surface area contributed by atoms with E-state index in [1.807, 2.05) is 43.5 Å². The summed E-state index contributed by atoms with van der Waals surface area (Å²) < 4.78 is 9.48. The highest BCUT2D eigenvalue weighted by Crippen LogP contribution is 2.19. The van der Waals surface area contributed by atoms with E-state index in [-0.39, 0.29) is 11.2 Å². The van der Waals surface area contributed by atoms with E-state index in [2.05, 4.69) is 15.5 Å². The van der Waals surface area contributed by atoms with Crippen molar-refractivity contribution in [2.45, 2.75) is 33.9 Å². The summed E-state index contributed by atoms with van der Waals surface area (Å²) in [5, 5.41) is 0. The molecule has 0 aliphatic carbocycles. The van der Waals surface area contributed by atoms with Crippen molar-refractivity contribution in [1.82, 2.24) is 9.47 Å². The van der Waals surface area contributed by atoms with Crippen molar-refractivity contribution in [2.75, 3.05) is 38.6 Å². The highest BCUT2D eigenvalue weighted by atomic mass is 16.5. The predicted octanol–water partition coefficient (Wildman–Crippen LogP) is 1.46. The lowest BCUT2D eigenvalue weighted by Crippen LogP contribution is -2.44. The van der Waals surface area contributed by atoms with Gasteiger partial charge in [-0.1, -0.05) is 32.9 Å². The summed E-state index contributed by atoms with van der Waals surface area (Å²) in [5.74, 6) is 0.826. The maximum absolute atomic E-state index is 12.5. The second-order valence-corrected chi connectivity index (χ2v) is 7.71. The summed E-state index contributed by atoms with van der Waals surface area (Å²) in [4.78, 5) is 14.9. The van der Waals surface area contributed by atoms with Gasteiger partial charge in [-0.2, -0.15) is 0 Å². The van der Waals surface area contributed by atoms with Crippen LogP contribution in [0, 0.1) is 5.41 Å². The molecule has 2 heterocycles. The second kappa shape index (κ2) is 7.14. The smallest absolute Gasteiger partial charge is 0.356 e. The van der Waals surface area contributed by atoms with Crippen molar-refractivity contribution < 1.29 is 14.1 Å². The molecule has 1 aliphatic heterocycles. The molecule has 2 aromatic rings. The van der Waals surface area contributed by atoms with Gasteiger partial charge in [0.05, 0.1) is 19.8 Å². The number of aromatic nitrogens is 2. The third kappa shape index (κ3) is 3.85. The zero-order valence-electron chi connectivity index (χ0n) is 15.5. The number of carbonyl (C=O) groups excluding carboxylic acids is 1. The number of nitrogens with two attached hydrogens (primary N) is 1. The van der Waals surface area contributed by atoms with Gasteiger partial charge in [-0.3, -0.25) is 15.4 Å². The zero-order chi connectivity index (χ0) is 18.0. The average molecular weight is 345 g/mol. The second-order valence-electron chi connectivity index (χ2n) is 7.71. The van der Waals surface area contributed by atoms with E-state index < -0.39 is 0 Å². The first-order chi connectivity index (χ1) is 11.9. The van der Waals surface area contributed by atoms with Crippen molar-refractivity contribution >= 4 is 22.8 Å². The molecule has 1 aromatic carbocycles. The molecule has 2 N–H and O–H groups in total. The minimum atomic E-state index is -0.379. The predicted molar refractivity (Wildman–Crippen MR) is 98.3 cm³/mol. The largest absolute Gasteiger partial charge is 0.379 e. The Kier molecular flexibility index (Phi) is 5.11. The first-order valence-corrected chi connectivity index (χ1v) is 8.98. The Hall–Kier alpha value is -1.92. The van der Waals surface area contributed by atoms with Gasteiger partial charge in [-0.25, -0.2) is 9.13 Å². The molecule has 1 aliphatic rings. The highest BCUT2D eigenvalue weighted by molar-refractivity contribution is 5.83. The maximum atomic E-state index is 12.5. The fourth-order valence-corrected chi connectivity index (χ4v) is 3.16. The Balaban J connectivity index is 1.88. The molecular weight excluding hydrogens is 316 g/mol. The van der Waals surface area contributed by atoms with Crippen molar-refractivity contribution in [2.24, 2.45) is 5.41 Å². The number of ketones is 1. The van der Waals surface area contributed by atoms with Crippen molar-refractivity contribution in [3.63, 3.8) is 0 Å². The van der Waals surface area contributed by atoms with E-state index in [4.69, 9.17) is 10.5 Å². The Bertz CT molecular complexity index is 755. The SMILES string of the molecule is CC(C)(C)C(=O)C[n+]1c(N)n(CCN2CCOCC2)c2ccccc21. The molecule has 25 heavy (non-hydrogen) atoms. The van der Waals surface area contributed by atoms with Gasteiger partial charge >= 0.3 is 5.95 Å². The van der Waals surface area contributed by atoms with Gasteiger partial charge in [0.25, 0.3) is 0 Å². The van der Waals surface area contributed by atoms with Crippen LogP contribution in [0.25, 0.3) is 11.0 Å². The van der Waals surface area contributed by atoms with Crippen LogP contribution in [0.3, 0.4) is 0 Å². The van der Waals surface area contributed by atoms with E-state index in [1.54, 1.807) is 0 Å². The van der Waals surface area contributed by atoms with E-state index in [9.17, 15) is 4.79 Å². The Morgan fingerprint density at radius 1 is 1.20 bits per heavy atom. The van der Waals surface area contributed by atoms with E-state index >= 15 is 0 Å². The van der Waals surface area contributed by atoms with Gasteiger partial charge in [0, 0.05) is 25.0 Å². The molecule has 0 saturated carbocycles. The molecule has 136 valence electrons. The third-order valence-electron chi connectivity index (χ3n) is 4.90. The number of morpholine rings is 1. The van der Waals surface area contributed by atoms with Gasteiger partial charge in [-0.05, 0) is 12.1 Å². The van der Waals surface area contributed by atoms with Crippen LogP contribution in [0.5, 0.6) is 0 Å². The van der Waals surface area contributed by atoms with E-state index in [0.717, 1.165) is 50.4 Å². The molecule has 1 fully saturated rings. The van der Waals surface area contributed by atoms with E-state index in [1.165, 1.54) is 0 Å². The molecule has 0 atom stereocenters. The number of Topliss-reactive ketones (excluding diaryl/α,β-unsaturated/α-hetero) is 1. The lowest BCUT2D eigenvalue weighted by atomic mass is 9.91. The van der Waals surface area contributed by atoms with Crippen LogP contribution in [-0.2, 0) is 22.6 Å². The van der Waals surface area contributed by atoms with Crippen LogP contribution >= 0.6 is 0 Å². The van der Waals surface area contributed by atoms with Gasteiger partial charge in [0.2, 0.25) is 0 Å². The quantitative estimate of drug-likeness (QED) is 0.833. The number of fused-ring (bicyclic) bond motifs is 1. The zero-order valence-corrected chi connectivity index (χ0v) is 15.5. The average Bonchev–Trinajstić information content (AvgIpc) is 2.85. The number of nitrogens with zero attached hydrogens (tertiary/aromatic N) is 3. The molecule has 0 bridgehead atoms. The standard InChI is InChI=1S/C19H28N4O2/c1-19(2,3)17(24)14-23-16-7-5-4-6-15(16)22(18(23)20)9-8-21-10-12-25-13-11-21/h4-7,20H,8-14H2,1-3H3/p+1. The molecular formula is C19H29N4O2+. The van der Waals surface area contributed by atoms with Crippen LogP contribution in [-0.4, -0.2) is 48.1 Å². The van der Waals surface area contributed by atoms with Crippen molar-refractivity contribution in [3.8, 4) is 0 Å². The first-order valence-electron chi connectivity index (χ1n) is 8.98. The number of ether oxygens (including phenoxy) is 1. The summed E-state index contributed by atoms with van der Waals surface area (Å²) in [6.07, 6.45) is 0. The number of imidazole rings is 1. The summed E-state index contributed by atoms with van der Waals surface area (Å²) >= 11 is 0. The number of benzene rings is 1. The van der Waals surface area contributed by atoms with Crippen LogP contribution < -0.4 is 10.3 Å². The number of hydrogen-bond acceptors (Lipinski definition) is 4. The fraction of sp³-hybridized carbons (Fsp3) is 0.579. The first kappa shape index (κ1) is 17.9. The molecule has 0 amide bonds. The fourth-order valence-electron chi connectivity index (χ4n) is 3.16. The Morgan fingerprint density at radius 2 is 1.88 bits per heavy atom. The lowest BCUT2D eigenvalue weighted by molar-refractivity contribution is -0.644. The Morgan fingerprint density at radius 3 is 2.56 bits per heavy atom. The normalized spacial score (nSPS) is 16.4. The van der Waals surface area contributed by atoms with Gasteiger partial charge in [-0.15, -0.1) is 0 Å². The molecule has 1 saturated heterocycles. The van der Waals surface area contributed by atoms with Crippen LogP contribution in [0.15, 0.2) is 24.3 Å². The number of anilines is 1. The molecule has 6 heteroatoms. The molecule has 0 radical (unpaired) electrons. The molecule has 0 unspecified atom stereocenters. The van der Waals surface area contributed by atoms with Crippen molar-refractivity contribution in [1.29, 1.82) is 0 Å². The summed E-state index contributed by atoms with van der Waals surface area (Å²) in [7, 11) is 0. The van der Waals surface area contributed by atoms with Crippen LogP contribution in [0.2, 0.25) is 0 Å². The van der Waals surface area contributed by atoms with Gasteiger partial charge in [0.15, 0.2) is 5.78 Å². The molecule has 1 aromatic heterocycles. The highest BCUT2D eigenvalue weighted by Gasteiger charge is 2.28. The molecule has 0 spiro atoms. The van der Waals surface area contributed by atoms with E-state index in [0.29, 0.717) is 12.5 Å². The molecule has 3 rings (SSSR count). The number of hydrogen-bond donors (Lipinski definition) is 1. The minimum absolute atomic E-state index is 0.181. The number of carbonyl (C=O) groups is 1. The number of nitrogen functional groups attached to an aromatic ring is 1. The maximum Gasteiger partial charge on any atom is 0.356 e.